The van der Waals surface area contributed by atoms with Crippen molar-refractivity contribution in [3.8, 4) is 0 Å². The van der Waals surface area contributed by atoms with Crippen molar-refractivity contribution in [1.82, 2.24) is 0 Å². The highest BCUT2D eigenvalue weighted by Crippen LogP contribution is 2.29. The van der Waals surface area contributed by atoms with Gasteiger partial charge in [0.1, 0.15) is 0 Å². The minimum atomic E-state index is -0.996. The number of aliphatic carboxylic acids is 1. The molecule has 0 unspecified atom stereocenters. The lowest BCUT2D eigenvalue weighted by atomic mass is 10.1. The molecule has 0 aromatic heterocycles. The molecule has 0 aromatic rings. The quantitative estimate of drug-likeness (QED) is 0.409. The average molecular weight is 272 g/mol. The molecule has 1 N–H and O–H groups in total. The summed E-state index contributed by atoms with van der Waals surface area (Å²) in [6, 6.07) is 0. The molecule has 1 aliphatic heterocycles. The van der Waals surface area contributed by atoms with Gasteiger partial charge < -0.3 is 19.3 Å². The van der Waals surface area contributed by atoms with Crippen molar-refractivity contribution in [3.63, 3.8) is 0 Å². The van der Waals surface area contributed by atoms with Crippen molar-refractivity contribution in [2.45, 2.75) is 38.4 Å². The van der Waals surface area contributed by atoms with Crippen molar-refractivity contribution in [3.05, 3.63) is 12.2 Å². The number of esters is 1. The van der Waals surface area contributed by atoms with Crippen molar-refractivity contribution in [2.24, 2.45) is 0 Å². The Hall–Kier alpha value is -1.40. The number of unbranched alkanes of at least 4 members (excludes halogenated alkanes) is 1. The number of carboxylic acids is 1. The molecule has 0 atom stereocenters. The maximum atomic E-state index is 11.0. The van der Waals surface area contributed by atoms with Crippen molar-refractivity contribution in [1.29, 1.82) is 0 Å². The summed E-state index contributed by atoms with van der Waals surface area (Å²) >= 11 is 0. The summed E-state index contributed by atoms with van der Waals surface area (Å²) in [6.45, 7) is 2.95. The molecule has 1 fully saturated rings. The number of carbonyl (C=O) groups is 2. The molecule has 1 saturated heterocycles. The second kappa shape index (κ2) is 7.91. The molecular formula is C13H20O6. The lowest BCUT2D eigenvalue weighted by Gasteiger charge is -2.25. The monoisotopic (exact) mass is 272 g/mol. The van der Waals surface area contributed by atoms with Gasteiger partial charge in [0.15, 0.2) is 5.79 Å². The Bertz CT molecular complexity index is 330. The highest BCUT2D eigenvalue weighted by Gasteiger charge is 2.38. The van der Waals surface area contributed by atoms with Gasteiger partial charge in [-0.15, -0.1) is 0 Å². The Balaban J connectivity index is 2.29. The van der Waals surface area contributed by atoms with Gasteiger partial charge in [-0.05, 0) is 19.8 Å². The molecule has 0 amide bonds. The van der Waals surface area contributed by atoms with Gasteiger partial charge in [-0.25, -0.2) is 4.79 Å². The largest absolute Gasteiger partial charge is 0.481 e. The van der Waals surface area contributed by atoms with Crippen LogP contribution in [0.3, 0.4) is 0 Å². The normalized spacial score (nSPS) is 17.7. The number of hydrogen-bond donors (Lipinski definition) is 1. The zero-order valence-electron chi connectivity index (χ0n) is 11.1. The third kappa shape index (κ3) is 5.85. The fourth-order valence-electron chi connectivity index (χ4n) is 1.92. The van der Waals surface area contributed by atoms with Crippen molar-refractivity contribution in [2.75, 3.05) is 19.8 Å². The van der Waals surface area contributed by atoms with Gasteiger partial charge in [0.2, 0.25) is 0 Å². The van der Waals surface area contributed by atoms with E-state index in [1.165, 1.54) is 6.08 Å². The summed E-state index contributed by atoms with van der Waals surface area (Å²) < 4.78 is 15.5. The first-order valence-corrected chi connectivity index (χ1v) is 6.41. The smallest absolute Gasteiger partial charge is 0.330 e. The van der Waals surface area contributed by atoms with Crippen molar-refractivity contribution < 1.29 is 28.9 Å². The van der Waals surface area contributed by atoms with Gasteiger partial charge in [-0.1, -0.05) is 6.08 Å². The number of rotatable bonds is 8. The second-order valence-corrected chi connectivity index (χ2v) is 4.22. The van der Waals surface area contributed by atoms with Gasteiger partial charge >= 0.3 is 11.9 Å². The molecule has 19 heavy (non-hydrogen) atoms. The summed E-state index contributed by atoms with van der Waals surface area (Å²) in [4.78, 5) is 21.8. The van der Waals surface area contributed by atoms with E-state index in [0.29, 0.717) is 39.1 Å². The number of carboxylic acid groups (broad SMARTS) is 1. The standard InChI is InChI=1S/C13H20O6/c1-2-17-12(16)6-4-3-5-7-13(10-11(14)15)18-8-9-19-13/h4,6H,2-3,5,7-10H2,1H3,(H,14,15)/b6-4+. The SMILES string of the molecule is CCOC(=O)/C=C/CCCC1(CC(=O)O)OCCO1. The fourth-order valence-corrected chi connectivity index (χ4v) is 1.92. The summed E-state index contributed by atoms with van der Waals surface area (Å²) in [6.07, 6.45) is 4.75. The molecule has 0 aromatic carbocycles. The van der Waals surface area contributed by atoms with Gasteiger partial charge in [0.05, 0.1) is 26.2 Å². The predicted octanol–water partition coefficient (Wildman–Crippen LogP) is 1.49. The van der Waals surface area contributed by atoms with E-state index in [2.05, 4.69) is 0 Å². The summed E-state index contributed by atoms with van der Waals surface area (Å²) in [5.41, 5.74) is 0. The lowest BCUT2D eigenvalue weighted by Crippen LogP contribution is -2.33. The van der Waals surface area contributed by atoms with E-state index in [0.717, 1.165) is 0 Å². The van der Waals surface area contributed by atoms with Gasteiger partial charge in [-0.2, -0.15) is 0 Å². The molecule has 0 aliphatic carbocycles. The van der Waals surface area contributed by atoms with Crippen molar-refractivity contribution >= 4 is 11.9 Å². The Morgan fingerprint density at radius 2 is 2.05 bits per heavy atom. The van der Waals surface area contributed by atoms with Crippen LogP contribution in [0, 0.1) is 0 Å². The van der Waals surface area contributed by atoms with Crippen LogP contribution < -0.4 is 0 Å². The van der Waals surface area contributed by atoms with E-state index in [4.69, 9.17) is 19.3 Å². The number of allylic oxidation sites excluding steroid dienone is 1. The third-order valence-electron chi connectivity index (χ3n) is 2.70. The minimum Gasteiger partial charge on any atom is -0.481 e. The number of ether oxygens (including phenoxy) is 3. The summed E-state index contributed by atoms with van der Waals surface area (Å²) in [5, 5.41) is 8.84. The summed E-state index contributed by atoms with van der Waals surface area (Å²) in [5.74, 6) is -2.30. The van der Waals surface area contributed by atoms with Crippen LogP contribution in [-0.2, 0) is 23.8 Å². The molecular weight excluding hydrogens is 252 g/mol. The second-order valence-electron chi connectivity index (χ2n) is 4.22. The van der Waals surface area contributed by atoms with E-state index in [1.807, 2.05) is 0 Å². The lowest BCUT2D eigenvalue weighted by molar-refractivity contribution is -0.182. The van der Waals surface area contributed by atoms with Crippen LogP contribution in [0.2, 0.25) is 0 Å². The van der Waals surface area contributed by atoms with Crippen LogP contribution in [-0.4, -0.2) is 42.7 Å². The first-order valence-electron chi connectivity index (χ1n) is 6.41. The zero-order chi connectivity index (χ0) is 14.1. The molecule has 1 rings (SSSR count). The number of hydrogen-bond acceptors (Lipinski definition) is 5. The number of carbonyl (C=O) groups excluding carboxylic acids is 1. The van der Waals surface area contributed by atoms with Crippen LogP contribution in [0.5, 0.6) is 0 Å². The first-order chi connectivity index (χ1) is 9.08. The zero-order valence-corrected chi connectivity index (χ0v) is 11.1. The predicted molar refractivity (Wildman–Crippen MR) is 66.5 cm³/mol. The molecule has 6 nitrogen and oxygen atoms in total. The van der Waals surface area contributed by atoms with E-state index in [1.54, 1.807) is 13.0 Å². The van der Waals surface area contributed by atoms with Crippen LogP contribution in [0.25, 0.3) is 0 Å². The van der Waals surface area contributed by atoms with Gasteiger partial charge in [0, 0.05) is 12.5 Å². The van der Waals surface area contributed by atoms with Crippen LogP contribution in [0.1, 0.15) is 32.6 Å². The Kier molecular flexibility index (Phi) is 6.52. The Labute approximate surface area is 112 Å². The Morgan fingerprint density at radius 3 is 2.63 bits per heavy atom. The van der Waals surface area contributed by atoms with Crippen LogP contribution in [0.15, 0.2) is 12.2 Å². The maximum Gasteiger partial charge on any atom is 0.330 e. The molecule has 1 heterocycles. The van der Waals surface area contributed by atoms with Gasteiger partial charge in [-0.3, -0.25) is 4.79 Å². The fraction of sp³-hybridized carbons (Fsp3) is 0.692. The molecule has 0 bridgehead atoms. The molecule has 0 saturated carbocycles. The maximum absolute atomic E-state index is 11.0. The van der Waals surface area contributed by atoms with Crippen LogP contribution in [0.4, 0.5) is 0 Å². The van der Waals surface area contributed by atoms with E-state index in [-0.39, 0.29) is 12.4 Å². The molecule has 6 heteroatoms. The third-order valence-corrected chi connectivity index (χ3v) is 2.70. The van der Waals surface area contributed by atoms with E-state index in [9.17, 15) is 9.59 Å². The minimum absolute atomic E-state index is 0.158. The first kappa shape index (κ1) is 15.7. The molecule has 1 aliphatic rings. The topological polar surface area (TPSA) is 82.1 Å². The molecule has 0 radical (unpaired) electrons. The highest BCUT2D eigenvalue weighted by molar-refractivity contribution is 5.81. The molecule has 108 valence electrons. The summed E-state index contributed by atoms with van der Waals surface area (Å²) in [7, 11) is 0. The average Bonchev–Trinajstić information content (AvgIpc) is 2.77. The highest BCUT2D eigenvalue weighted by atomic mass is 16.7. The van der Waals surface area contributed by atoms with E-state index >= 15 is 0 Å². The van der Waals surface area contributed by atoms with E-state index < -0.39 is 11.8 Å². The Morgan fingerprint density at radius 1 is 1.37 bits per heavy atom. The molecule has 0 spiro atoms. The van der Waals surface area contributed by atoms with Crippen LogP contribution >= 0.6 is 0 Å². The van der Waals surface area contributed by atoms with Gasteiger partial charge in [0.25, 0.3) is 0 Å².